The van der Waals surface area contributed by atoms with Crippen molar-refractivity contribution in [3.8, 4) is 0 Å². The minimum atomic E-state index is -3.52. The lowest BCUT2D eigenvalue weighted by atomic mass is 9.95. The number of carbonyl (C=O) groups is 1. The van der Waals surface area contributed by atoms with Crippen LogP contribution in [-0.2, 0) is 14.8 Å². The third-order valence-corrected chi connectivity index (χ3v) is 9.60. The van der Waals surface area contributed by atoms with Crippen molar-refractivity contribution in [3.63, 3.8) is 0 Å². The minimum Gasteiger partial charge on any atom is -0.340 e. The van der Waals surface area contributed by atoms with Crippen LogP contribution in [0.3, 0.4) is 0 Å². The van der Waals surface area contributed by atoms with E-state index in [9.17, 15) is 13.2 Å². The average molecular weight is 518 g/mol. The Bertz CT molecular complexity index is 1240. The molecule has 2 aliphatic heterocycles. The number of amides is 1. The van der Waals surface area contributed by atoms with E-state index >= 15 is 0 Å². The van der Waals surface area contributed by atoms with Gasteiger partial charge in [-0.25, -0.2) is 8.42 Å². The first-order valence-corrected chi connectivity index (χ1v) is 14.6. The number of piperazine rings is 1. The van der Waals surface area contributed by atoms with E-state index < -0.39 is 10.0 Å². The number of benzene rings is 3. The minimum absolute atomic E-state index is 0.116. The molecule has 0 atom stereocenters. The molecule has 3 aromatic carbocycles. The van der Waals surface area contributed by atoms with Crippen LogP contribution < -0.4 is 0 Å². The molecular weight excluding hydrogens is 482 g/mol. The van der Waals surface area contributed by atoms with Gasteiger partial charge >= 0.3 is 0 Å². The fraction of sp³-hybridized carbons (Fsp3) is 0.367. The van der Waals surface area contributed by atoms with E-state index in [-0.39, 0.29) is 17.9 Å². The lowest BCUT2D eigenvalue weighted by molar-refractivity contribution is -0.138. The molecule has 37 heavy (non-hydrogen) atoms. The van der Waals surface area contributed by atoms with E-state index in [1.54, 1.807) is 12.1 Å². The zero-order valence-corrected chi connectivity index (χ0v) is 22.2. The van der Waals surface area contributed by atoms with Gasteiger partial charge < -0.3 is 4.90 Å². The van der Waals surface area contributed by atoms with Gasteiger partial charge in [-0.2, -0.15) is 4.31 Å². The zero-order chi connectivity index (χ0) is 25.8. The first-order chi connectivity index (χ1) is 17.9. The first kappa shape index (κ1) is 25.6. The zero-order valence-electron chi connectivity index (χ0n) is 21.4. The Morgan fingerprint density at radius 2 is 1.24 bits per heavy atom. The van der Waals surface area contributed by atoms with Crippen LogP contribution in [0, 0.1) is 12.8 Å². The van der Waals surface area contributed by atoms with Crippen molar-refractivity contribution < 1.29 is 13.2 Å². The van der Waals surface area contributed by atoms with Crippen molar-refractivity contribution in [1.82, 2.24) is 14.1 Å². The maximum absolute atomic E-state index is 13.4. The van der Waals surface area contributed by atoms with Crippen molar-refractivity contribution >= 4 is 15.9 Å². The summed E-state index contributed by atoms with van der Waals surface area (Å²) in [5.41, 5.74) is 3.55. The van der Waals surface area contributed by atoms with Crippen molar-refractivity contribution in [1.29, 1.82) is 0 Å². The summed E-state index contributed by atoms with van der Waals surface area (Å²) in [7, 11) is -3.52. The number of piperidine rings is 1. The summed E-state index contributed by atoms with van der Waals surface area (Å²) < 4.78 is 27.6. The average Bonchev–Trinajstić information content (AvgIpc) is 2.95. The molecule has 3 aromatic rings. The van der Waals surface area contributed by atoms with Crippen LogP contribution >= 0.6 is 0 Å². The van der Waals surface area contributed by atoms with Crippen LogP contribution in [0.4, 0.5) is 0 Å². The summed E-state index contributed by atoms with van der Waals surface area (Å²) in [6.07, 6.45) is 1.14. The molecule has 6 nitrogen and oxygen atoms in total. The highest BCUT2D eigenvalue weighted by Gasteiger charge is 2.35. The molecule has 5 rings (SSSR count). The quantitative estimate of drug-likeness (QED) is 0.488. The monoisotopic (exact) mass is 517 g/mol. The molecule has 0 aliphatic carbocycles. The molecule has 2 aliphatic rings. The molecule has 2 fully saturated rings. The Balaban J connectivity index is 1.19. The summed E-state index contributed by atoms with van der Waals surface area (Å²) >= 11 is 0. The molecular formula is C30H35N3O3S. The highest BCUT2D eigenvalue weighted by Crippen LogP contribution is 2.31. The topological polar surface area (TPSA) is 60.9 Å². The number of hydrogen-bond donors (Lipinski definition) is 0. The number of aryl methyl sites for hydroxylation is 1. The Hall–Kier alpha value is -3.00. The van der Waals surface area contributed by atoms with Gasteiger partial charge in [0.2, 0.25) is 15.9 Å². The normalized spacial score (nSPS) is 18.3. The summed E-state index contributed by atoms with van der Waals surface area (Å²) in [6.45, 7) is 5.71. The maximum atomic E-state index is 13.4. The maximum Gasteiger partial charge on any atom is 0.243 e. The predicted octanol–water partition coefficient (Wildman–Crippen LogP) is 4.33. The van der Waals surface area contributed by atoms with E-state index in [4.69, 9.17) is 0 Å². The molecule has 0 spiro atoms. The summed E-state index contributed by atoms with van der Waals surface area (Å²) in [5.74, 6) is 0.0538. The third-order valence-electron chi connectivity index (χ3n) is 7.68. The van der Waals surface area contributed by atoms with Gasteiger partial charge in [0.15, 0.2) is 0 Å². The van der Waals surface area contributed by atoms with Gasteiger partial charge in [-0.3, -0.25) is 9.69 Å². The summed E-state index contributed by atoms with van der Waals surface area (Å²) in [4.78, 5) is 18.1. The predicted molar refractivity (Wildman–Crippen MR) is 146 cm³/mol. The van der Waals surface area contributed by atoms with Gasteiger partial charge in [0.05, 0.1) is 10.9 Å². The lowest BCUT2D eigenvalue weighted by Gasteiger charge is -2.41. The molecule has 0 bridgehead atoms. The first-order valence-electron chi connectivity index (χ1n) is 13.1. The van der Waals surface area contributed by atoms with Crippen LogP contribution in [0.1, 0.15) is 35.6 Å². The van der Waals surface area contributed by atoms with Crippen molar-refractivity contribution in [2.45, 2.75) is 30.7 Å². The van der Waals surface area contributed by atoms with E-state index in [1.807, 2.05) is 36.1 Å². The standard InChI is InChI=1S/C30H35N3O3S/c1-24-12-14-28(15-13-24)37(35,36)33-18-16-27(17-19-33)30(34)32-22-20-31(21-23-32)29(25-8-4-2-5-9-25)26-10-6-3-7-11-26/h2-15,27,29H,16-23H2,1H3. The van der Waals surface area contributed by atoms with Gasteiger partial charge in [0.25, 0.3) is 0 Å². The molecule has 0 radical (unpaired) electrons. The fourth-order valence-corrected chi connectivity index (χ4v) is 7.02. The fourth-order valence-electron chi connectivity index (χ4n) is 5.55. The Morgan fingerprint density at radius 3 is 1.76 bits per heavy atom. The third kappa shape index (κ3) is 5.64. The number of rotatable bonds is 6. The number of nitrogens with zero attached hydrogens (tertiary/aromatic N) is 3. The number of hydrogen-bond acceptors (Lipinski definition) is 4. The van der Waals surface area contributed by atoms with Crippen molar-refractivity contribution in [2.24, 2.45) is 5.92 Å². The second-order valence-electron chi connectivity index (χ2n) is 10.1. The number of sulfonamides is 1. The largest absolute Gasteiger partial charge is 0.340 e. The molecule has 194 valence electrons. The van der Waals surface area contributed by atoms with E-state index in [0.717, 1.165) is 18.7 Å². The summed E-state index contributed by atoms with van der Waals surface area (Å²) in [5, 5.41) is 0. The van der Waals surface area contributed by atoms with Crippen LogP contribution in [-0.4, -0.2) is 67.7 Å². The Kier molecular flexibility index (Phi) is 7.74. The van der Waals surface area contributed by atoms with Gasteiger partial charge in [-0.1, -0.05) is 78.4 Å². The Labute approximate surface area is 220 Å². The summed E-state index contributed by atoms with van der Waals surface area (Å²) in [6, 6.07) is 28.2. The van der Waals surface area contributed by atoms with Gasteiger partial charge in [-0.05, 0) is 43.0 Å². The second-order valence-corrected chi connectivity index (χ2v) is 12.0. The SMILES string of the molecule is Cc1ccc(S(=O)(=O)N2CCC(C(=O)N3CCN(C(c4ccccc4)c4ccccc4)CC3)CC2)cc1. The smallest absolute Gasteiger partial charge is 0.243 e. The molecule has 1 amide bonds. The lowest BCUT2D eigenvalue weighted by Crippen LogP contribution is -2.52. The van der Waals surface area contributed by atoms with Crippen molar-refractivity contribution in [2.75, 3.05) is 39.3 Å². The molecule has 0 N–H and O–H groups in total. The van der Waals surface area contributed by atoms with Gasteiger partial charge in [-0.15, -0.1) is 0 Å². The van der Waals surface area contributed by atoms with Gasteiger partial charge in [0.1, 0.15) is 0 Å². The number of carbonyl (C=O) groups excluding carboxylic acids is 1. The van der Waals surface area contributed by atoms with Crippen LogP contribution in [0.5, 0.6) is 0 Å². The Morgan fingerprint density at radius 1 is 0.730 bits per heavy atom. The van der Waals surface area contributed by atoms with Crippen LogP contribution in [0.25, 0.3) is 0 Å². The molecule has 0 saturated carbocycles. The van der Waals surface area contributed by atoms with Crippen LogP contribution in [0.15, 0.2) is 89.8 Å². The second kappa shape index (κ2) is 11.2. The molecule has 7 heteroatoms. The molecule has 0 unspecified atom stereocenters. The van der Waals surface area contributed by atoms with Crippen LogP contribution in [0.2, 0.25) is 0 Å². The van der Waals surface area contributed by atoms with E-state index in [0.29, 0.717) is 43.9 Å². The highest BCUT2D eigenvalue weighted by atomic mass is 32.2. The van der Waals surface area contributed by atoms with E-state index in [1.165, 1.54) is 15.4 Å². The molecule has 0 aromatic heterocycles. The molecule has 2 heterocycles. The molecule has 2 saturated heterocycles. The highest BCUT2D eigenvalue weighted by molar-refractivity contribution is 7.89. The van der Waals surface area contributed by atoms with Gasteiger partial charge in [0, 0.05) is 45.2 Å². The van der Waals surface area contributed by atoms with E-state index in [2.05, 4.69) is 53.4 Å². The van der Waals surface area contributed by atoms with Crippen molar-refractivity contribution in [3.05, 3.63) is 102 Å².